The molecule has 1 aromatic heterocycles. The topological polar surface area (TPSA) is 19.4 Å². The molecular formula is C16H16F3N3. The van der Waals surface area contributed by atoms with Gasteiger partial charge in [-0.2, -0.15) is 13.2 Å². The molecule has 0 N–H and O–H groups in total. The number of anilines is 2. The van der Waals surface area contributed by atoms with Crippen molar-refractivity contribution < 1.29 is 13.2 Å². The van der Waals surface area contributed by atoms with Crippen LogP contribution < -0.4 is 9.80 Å². The van der Waals surface area contributed by atoms with Crippen molar-refractivity contribution in [3.05, 3.63) is 54.2 Å². The molecule has 0 radical (unpaired) electrons. The fourth-order valence-corrected chi connectivity index (χ4v) is 2.57. The van der Waals surface area contributed by atoms with E-state index in [2.05, 4.69) is 22.0 Å². The third kappa shape index (κ3) is 3.16. The van der Waals surface area contributed by atoms with Crippen molar-refractivity contribution in [1.82, 2.24) is 4.98 Å². The summed E-state index contributed by atoms with van der Waals surface area (Å²) in [6.45, 7) is 3.14. The molecule has 3 nitrogen and oxygen atoms in total. The van der Waals surface area contributed by atoms with Crippen LogP contribution in [0.4, 0.5) is 24.7 Å². The Morgan fingerprint density at radius 3 is 2.00 bits per heavy atom. The summed E-state index contributed by atoms with van der Waals surface area (Å²) in [6.07, 6.45) is -3.43. The molecule has 0 aliphatic carbocycles. The predicted octanol–water partition coefficient (Wildman–Crippen LogP) is 3.43. The Morgan fingerprint density at radius 2 is 1.45 bits per heavy atom. The summed E-state index contributed by atoms with van der Waals surface area (Å²) < 4.78 is 37.6. The zero-order valence-electron chi connectivity index (χ0n) is 11.9. The van der Waals surface area contributed by atoms with Gasteiger partial charge in [0.1, 0.15) is 5.82 Å². The highest BCUT2D eigenvalue weighted by Crippen LogP contribution is 2.29. The summed E-state index contributed by atoms with van der Waals surface area (Å²) in [6, 6.07) is 12.6. The highest BCUT2D eigenvalue weighted by Gasteiger charge is 2.31. The molecule has 0 spiro atoms. The van der Waals surface area contributed by atoms with Crippen molar-refractivity contribution in [2.75, 3.05) is 36.0 Å². The van der Waals surface area contributed by atoms with Crippen molar-refractivity contribution in [1.29, 1.82) is 0 Å². The summed E-state index contributed by atoms with van der Waals surface area (Å²) in [4.78, 5) is 8.23. The van der Waals surface area contributed by atoms with E-state index < -0.39 is 11.7 Å². The number of aromatic nitrogens is 1. The van der Waals surface area contributed by atoms with Gasteiger partial charge in [0.25, 0.3) is 0 Å². The van der Waals surface area contributed by atoms with Crippen molar-refractivity contribution >= 4 is 11.5 Å². The molecule has 1 aliphatic heterocycles. The third-order valence-corrected chi connectivity index (χ3v) is 3.80. The Hall–Kier alpha value is -2.24. The first-order valence-corrected chi connectivity index (χ1v) is 7.12. The van der Waals surface area contributed by atoms with Crippen LogP contribution in [-0.2, 0) is 6.18 Å². The largest absolute Gasteiger partial charge is 0.417 e. The maximum absolute atomic E-state index is 12.5. The van der Waals surface area contributed by atoms with Crippen LogP contribution in [0, 0.1) is 0 Å². The minimum Gasteiger partial charge on any atom is -0.368 e. The number of benzene rings is 1. The van der Waals surface area contributed by atoms with Gasteiger partial charge in [0.15, 0.2) is 0 Å². The first-order valence-electron chi connectivity index (χ1n) is 7.12. The smallest absolute Gasteiger partial charge is 0.368 e. The number of hydrogen-bond acceptors (Lipinski definition) is 3. The van der Waals surface area contributed by atoms with Crippen LogP contribution in [-0.4, -0.2) is 31.2 Å². The molecule has 1 aliphatic rings. The number of hydrogen-bond donors (Lipinski definition) is 0. The van der Waals surface area contributed by atoms with Gasteiger partial charge in [0.2, 0.25) is 0 Å². The predicted molar refractivity (Wildman–Crippen MR) is 80.1 cm³/mol. The molecule has 0 saturated carbocycles. The zero-order chi connectivity index (χ0) is 15.6. The lowest BCUT2D eigenvalue weighted by atomic mass is 10.2. The van der Waals surface area contributed by atoms with Crippen LogP contribution in [0.5, 0.6) is 0 Å². The number of para-hydroxylation sites is 1. The van der Waals surface area contributed by atoms with Gasteiger partial charge in [-0.1, -0.05) is 18.2 Å². The van der Waals surface area contributed by atoms with Gasteiger partial charge in [0, 0.05) is 38.1 Å². The van der Waals surface area contributed by atoms with Crippen molar-refractivity contribution in [2.45, 2.75) is 6.18 Å². The van der Waals surface area contributed by atoms with Crippen LogP contribution in [0.3, 0.4) is 0 Å². The second-order valence-corrected chi connectivity index (χ2v) is 5.21. The van der Waals surface area contributed by atoms with Gasteiger partial charge in [-0.05, 0) is 24.3 Å². The highest BCUT2D eigenvalue weighted by atomic mass is 19.4. The second kappa shape index (κ2) is 5.87. The van der Waals surface area contributed by atoms with Crippen LogP contribution in [0.1, 0.15) is 5.56 Å². The van der Waals surface area contributed by atoms with Crippen molar-refractivity contribution in [3.63, 3.8) is 0 Å². The average molecular weight is 307 g/mol. The molecule has 0 unspecified atom stereocenters. The Kier molecular flexibility index (Phi) is 3.92. The molecule has 1 fully saturated rings. The normalized spacial score (nSPS) is 16.0. The first kappa shape index (κ1) is 14.7. The number of piperazine rings is 1. The molecule has 1 saturated heterocycles. The number of pyridine rings is 1. The Labute approximate surface area is 127 Å². The molecule has 6 heteroatoms. The third-order valence-electron chi connectivity index (χ3n) is 3.80. The molecule has 1 aromatic carbocycles. The van der Waals surface area contributed by atoms with Gasteiger partial charge in [0.05, 0.1) is 5.56 Å². The van der Waals surface area contributed by atoms with E-state index in [1.807, 2.05) is 23.1 Å². The van der Waals surface area contributed by atoms with E-state index in [-0.39, 0.29) is 0 Å². The number of halogens is 3. The Morgan fingerprint density at radius 1 is 0.818 bits per heavy atom. The van der Waals surface area contributed by atoms with Gasteiger partial charge >= 0.3 is 6.18 Å². The van der Waals surface area contributed by atoms with Gasteiger partial charge in [-0.25, -0.2) is 4.98 Å². The van der Waals surface area contributed by atoms with E-state index in [0.717, 1.165) is 38.4 Å². The van der Waals surface area contributed by atoms with Crippen LogP contribution in [0.15, 0.2) is 48.7 Å². The van der Waals surface area contributed by atoms with E-state index in [9.17, 15) is 13.2 Å². The Balaban J connectivity index is 1.64. The van der Waals surface area contributed by atoms with E-state index in [1.54, 1.807) is 0 Å². The fourth-order valence-electron chi connectivity index (χ4n) is 2.57. The van der Waals surface area contributed by atoms with Crippen molar-refractivity contribution in [2.24, 2.45) is 0 Å². The number of nitrogens with zero attached hydrogens (tertiary/aromatic N) is 3. The summed E-state index contributed by atoms with van der Waals surface area (Å²) in [5, 5.41) is 0. The van der Waals surface area contributed by atoms with Crippen LogP contribution in [0.2, 0.25) is 0 Å². The van der Waals surface area contributed by atoms with Crippen LogP contribution in [0.25, 0.3) is 0 Å². The second-order valence-electron chi connectivity index (χ2n) is 5.21. The lowest BCUT2D eigenvalue weighted by Crippen LogP contribution is -2.46. The van der Waals surface area contributed by atoms with Gasteiger partial charge in [-0.3, -0.25) is 0 Å². The number of alkyl halides is 3. The monoisotopic (exact) mass is 307 g/mol. The van der Waals surface area contributed by atoms with Crippen molar-refractivity contribution in [3.8, 4) is 0 Å². The maximum atomic E-state index is 12.5. The average Bonchev–Trinajstić information content (AvgIpc) is 2.55. The lowest BCUT2D eigenvalue weighted by Gasteiger charge is -2.36. The minimum absolute atomic E-state index is 0.598. The molecule has 3 rings (SSSR count). The molecule has 2 aromatic rings. The Bertz CT molecular complexity index is 603. The summed E-state index contributed by atoms with van der Waals surface area (Å²) in [7, 11) is 0. The summed E-state index contributed by atoms with van der Waals surface area (Å²) in [5.41, 5.74) is 0.460. The van der Waals surface area contributed by atoms with Gasteiger partial charge < -0.3 is 9.80 Å². The molecular weight excluding hydrogens is 291 g/mol. The molecule has 116 valence electrons. The standard InChI is InChI=1S/C16H16F3N3/c17-16(18,19)13-6-7-15(20-12-13)22-10-8-21(9-11-22)14-4-2-1-3-5-14/h1-7,12H,8-11H2. The van der Waals surface area contributed by atoms with Gasteiger partial charge in [-0.15, -0.1) is 0 Å². The lowest BCUT2D eigenvalue weighted by molar-refractivity contribution is -0.137. The van der Waals surface area contributed by atoms with Crippen LogP contribution >= 0.6 is 0 Å². The SMILES string of the molecule is FC(F)(F)c1ccc(N2CCN(c3ccccc3)CC2)nc1. The fraction of sp³-hybridized carbons (Fsp3) is 0.312. The molecule has 0 bridgehead atoms. The van der Waals surface area contributed by atoms with E-state index in [0.29, 0.717) is 5.82 Å². The first-order chi connectivity index (χ1) is 10.5. The minimum atomic E-state index is -4.34. The van der Waals surface area contributed by atoms with E-state index >= 15 is 0 Å². The molecule has 0 amide bonds. The molecule has 2 heterocycles. The molecule has 0 atom stereocenters. The quantitative estimate of drug-likeness (QED) is 0.847. The maximum Gasteiger partial charge on any atom is 0.417 e. The van der Waals surface area contributed by atoms with E-state index in [1.165, 1.54) is 11.8 Å². The van der Waals surface area contributed by atoms with E-state index in [4.69, 9.17) is 0 Å². The summed E-state index contributed by atoms with van der Waals surface area (Å²) in [5.74, 6) is 0.598. The summed E-state index contributed by atoms with van der Waals surface area (Å²) >= 11 is 0. The molecule has 22 heavy (non-hydrogen) atoms. The highest BCUT2D eigenvalue weighted by molar-refractivity contribution is 5.49. The number of rotatable bonds is 2. The zero-order valence-corrected chi connectivity index (χ0v) is 11.9.